The summed E-state index contributed by atoms with van der Waals surface area (Å²) < 4.78 is 0. The van der Waals surface area contributed by atoms with E-state index in [2.05, 4.69) is 57.1 Å². The van der Waals surface area contributed by atoms with Crippen LogP contribution in [0.1, 0.15) is 18.4 Å². The maximum Gasteiger partial charge on any atom is 0.224 e. The van der Waals surface area contributed by atoms with Crippen LogP contribution < -0.4 is 10.2 Å². The normalized spacial score (nSPS) is 15.4. The zero-order chi connectivity index (χ0) is 15.9. The summed E-state index contributed by atoms with van der Waals surface area (Å²) in [5.74, 6) is 2.47. The molecule has 0 unspecified atom stereocenters. The molecule has 0 radical (unpaired) electrons. The van der Waals surface area contributed by atoms with Crippen LogP contribution in [-0.2, 0) is 6.42 Å². The van der Waals surface area contributed by atoms with E-state index in [0.717, 1.165) is 24.8 Å². The van der Waals surface area contributed by atoms with Gasteiger partial charge in [-0.05, 0) is 36.8 Å². The summed E-state index contributed by atoms with van der Waals surface area (Å²) in [6.45, 7) is 6.52. The number of nitrogens with one attached hydrogen (secondary N) is 1. The first kappa shape index (κ1) is 15.5. The maximum atomic E-state index is 4.60. The number of piperidine rings is 1. The fourth-order valence-corrected chi connectivity index (χ4v) is 3.09. The highest BCUT2D eigenvalue weighted by Crippen LogP contribution is 2.24. The third-order valence-corrected chi connectivity index (χ3v) is 4.35. The molecule has 0 saturated carbocycles. The number of hydrogen-bond donors (Lipinski definition) is 1. The van der Waals surface area contributed by atoms with Gasteiger partial charge in [0.25, 0.3) is 0 Å². The van der Waals surface area contributed by atoms with Crippen molar-refractivity contribution >= 4 is 11.8 Å². The molecule has 1 aromatic heterocycles. The van der Waals surface area contributed by atoms with Gasteiger partial charge in [-0.3, -0.25) is 0 Å². The van der Waals surface area contributed by atoms with E-state index in [4.69, 9.17) is 0 Å². The van der Waals surface area contributed by atoms with Crippen molar-refractivity contribution in [2.75, 3.05) is 29.9 Å². The highest BCUT2D eigenvalue weighted by molar-refractivity contribution is 5.43. The lowest BCUT2D eigenvalue weighted by Crippen LogP contribution is -2.35. The van der Waals surface area contributed by atoms with Crippen molar-refractivity contribution in [3.05, 3.63) is 60.8 Å². The number of aromatic nitrogens is 2. The van der Waals surface area contributed by atoms with Gasteiger partial charge in [0.2, 0.25) is 5.95 Å². The van der Waals surface area contributed by atoms with Gasteiger partial charge in [-0.2, -0.15) is 4.98 Å². The summed E-state index contributed by atoms with van der Waals surface area (Å²) in [4.78, 5) is 11.2. The number of hydrogen-bond acceptors (Lipinski definition) is 4. The Balaban J connectivity index is 1.55. The Kier molecular flexibility index (Phi) is 5.25. The van der Waals surface area contributed by atoms with Crippen LogP contribution in [0.4, 0.5) is 11.8 Å². The summed E-state index contributed by atoms with van der Waals surface area (Å²) >= 11 is 0. The van der Waals surface area contributed by atoms with Crippen LogP contribution in [0.2, 0.25) is 0 Å². The molecule has 2 aromatic rings. The molecule has 4 nitrogen and oxygen atoms in total. The van der Waals surface area contributed by atoms with Gasteiger partial charge in [0.05, 0.1) is 0 Å². The number of anilines is 2. The Morgan fingerprint density at radius 1 is 1.17 bits per heavy atom. The van der Waals surface area contributed by atoms with Gasteiger partial charge < -0.3 is 10.2 Å². The van der Waals surface area contributed by atoms with E-state index in [1.165, 1.54) is 24.8 Å². The average Bonchev–Trinajstić information content (AvgIpc) is 2.62. The Morgan fingerprint density at radius 2 is 1.96 bits per heavy atom. The minimum Gasteiger partial charge on any atom is -0.356 e. The molecule has 1 aliphatic heterocycles. The molecule has 4 heteroatoms. The summed E-state index contributed by atoms with van der Waals surface area (Å²) in [5.41, 5.74) is 1.45. The molecule has 2 heterocycles. The second-order valence-corrected chi connectivity index (χ2v) is 6.03. The van der Waals surface area contributed by atoms with Gasteiger partial charge in [0, 0.05) is 25.8 Å². The molecule has 1 saturated heterocycles. The third-order valence-electron chi connectivity index (χ3n) is 4.35. The number of rotatable bonds is 6. The Labute approximate surface area is 138 Å². The first-order valence-electron chi connectivity index (χ1n) is 8.32. The second-order valence-electron chi connectivity index (χ2n) is 6.03. The van der Waals surface area contributed by atoms with Gasteiger partial charge in [-0.25, -0.2) is 4.98 Å². The molecule has 0 amide bonds. The van der Waals surface area contributed by atoms with Crippen LogP contribution in [0.3, 0.4) is 0 Å². The minimum absolute atomic E-state index is 0.675. The predicted octanol–water partition coefficient (Wildman–Crippen LogP) is 3.53. The average molecular weight is 308 g/mol. The van der Waals surface area contributed by atoms with E-state index >= 15 is 0 Å². The van der Waals surface area contributed by atoms with Crippen molar-refractivity contribution in [1.29, 1.82) is 0 Å². The second kappa shape index (κ2) is 7.77. The summed E-state index contributed by atoms with van der Waals surface area (Å²) in [7, 11) is 0. The highest BCUT2D eigenvalue weighted by Gasteiger charge is 2.20. The van der Waals surface area contributed by atoms with Crippen LogP contribution in [0.25, 0.3) is 0 Å². The lowest BCUT2D eigenvalue weighted by Gasteiger charge is -2.33. The first-order valence-corrected chi connectivity index (χ1v) is 8.32. The van der Waals surface area contributed by atoms with E-state index < -0.39 is 0 Å². The van der Waals surface area contributed by atoms with Crippen LogP contribution in [-0.4, -0.2) is 29.6 Å². The van der Waals surface area contributed by atoms with Crippen LogP contribution >= 0.6 is 0 Å². The molecule has 0 spiro atoms. The van der Waals surface area contributed by atoms with Gasteiger partial charge in [0.15, 0.2) is 0 Å². The van der Waals surface area contributed by atoms with Crippen molar-refractivity contribution in [2.24, 2.45) is 5.92 Å². The Bertz CT molecular complexity index is 618. The molecule has 23 heavy (non-hydrogen) atoms. The van der Waals surface area contributed by atoms with E-state index in [0.29, 0.717) is 12.5 Å². The van der Waals surface area contributed by atoms with Crippen molar-refractivity contribution < 1.29 is 0 Å². The van der Waals surface area contributed by atoms with Crippen LogP contribution in [0, 0.1) is 5.92 Å². The van der Waals surface area contributed by atoms with Crippen molar-refractivity contribution in [2.45, 2.75) is 19.3 Å². The summed E-state index contributed by atoms with van der Waals surface area (Å²) in [6, 6.07) is 12.8. The number of nitrogens with zero attached hydrogens (tertiary/aromatic N) is 3. The summed E-state index contributed by atoms with van der Waals surface area (Å²) in [5, 5.41) is 3.15. The van der Waals surface area contributed by atoms with Crippen molar-refractivity contribution in [1.82, 2.24) is 9.97 Å². The van der Waals surface area contributed by atoms with E-state index in [1.54, 1.807) is 0 Å². The zero-order valence-electron chi connectivity index (χ0n) is 13.5. The lowest BCUT2D eigenvalue weighted by atomic mass is 9.90. The van der Waals surface area contributed by atoms with Crippen LogP contribution in [0.5, 0.6) is 0 Å². The molecule has 1 N–H and O–H groups in total. The number of benzene rings is 1. The third kappa shape index (κ3) is 4.31. The van der Waals surface area contributed by atoms with Gasteiger partial charge in [-0.1, -0.05) is 36.4 Å². The molecular weight excluding hydrogens is 284 g/mol. The van der Waals surface area contributed by atoms with Crippen molar-refractivity contribution in [3.63, 3.8) is 0 Å². The molecule has 3 rings (SSSR count). The fourth-order valence-electron chi connectivity index (χ4n) is 3.09. The van der Waals surface area contributed by atoms with Crippen LogP contribution in [0.15, 0.2) is 55.3 Å². The fraction of sp³-hybridized carbons (Fsp3) is 0.368. The maximum absolute atomic E-state index is 4.60. The lowest BCUT2D eigenvalue weighted by molar-refractivity contribution is 0.402. The molecule has 1 aliphatic rings. The Hall–Kier alpha value is -2.36. The van der Waals surface area contributed by atoms with Gasteiger partial charge in [0.1, 0.15) is 5.82 Å². The molecule has 1 aromatic carbocycles. The van der Waals surface area contributed by atoms with E-state index in [9.17, 15) is 0 Å². The quantitative estimate of drug-likeness (QED) is 0.829. The molecule has 120 valence electrons. The highest BCUT2D eigenvalue weighted by atomic mass is 15.2. The van der Waals surface area contributed by atoms with E-state index in [-0.39, 0.29) is 0 Å². The molecule has 0 aliphatic carbocycles. The molecule has 0 atom stereocenters. The first-order chi connectivity index (χ1) is 11.3. The monoisotopic (exact) mass is 308 g/mol. The summed E-state index contributed by atoms with van der Waals surface area (Å²) in [6.07, 6.45) is 7.25. The standard InChI is InChI=1S/C19H24N4/c1-2-11-20-19-21-12-8-18(22-19)23-13-9-17(10-14-23)15-16-6-4-3-5-7-16/h2-8,12,17H,1,9-11,13-15H2,(H,20,21,22). The largest absolute Gasteiger partial charge is 0.356 e. The molecule has 1 fully saturated rings. The minimum atomic E-state index is 0.675. The topological polar surface area (TPSA) is 41.1 Å². The van der Waals surface area contributed by atoms with Gasteiger partial charge in [-0.15, -0.1) is 6.58 Å². The molecule has 0 bridgehead atoms. The molecular formula is C19H24N4. The zero-order valence-corrected chi connectivity index (χ0v) is 13.5. The SMILES string of the molecule is C=CCNc1nccc(N2CCC(Cc3ccccc3)CC2)n1. The van der Waals surface area contributed by atoms with E-state index in [1.807, 2.05) is 18.3 Å². The Morgan fingerprint density at radius 3 is 2.70 bits per heavy atom. The van der Waals surface area contributed by atoms with Crippen molar-refractivity contribution in [3.8, 4) is 0 Å². The smallest absolute Gasteiger partial charge is 0.224 e. The predicted molar refractivity (Wildman–Crippen MR) is 95.8 cm³/mol. The van der Waals surface area contributed by atoms with Gasteiger partial charge >= 0.3 is 0 Å².